The standard InChI is InChI=1S/C10H12BrN3O/c1-6-2-9(11)13-4-8(6)14-5-7(12)3-10(14)15/h2,4,7H,3,5,12H2,1H3. The summed E-state index contributed by atoms with van der Waals surface area (Å²) in [5.74, 6) is 0.0784. The predicted molar refractivity (Wildman–Crippen MR) is 61.6 cm³/mol. The highest BCUT2D eigenvalue weighted by Gasteiger charge is 2.29. The van der Waals surface area contributed by atoms with Gasteiger partial charge >= 0.3 is 0 Å². The van der Waals surface area contributed by atoms with Crippen LogP contribution in [0.15, 0.2) is 16.9 Å². The average molecular weight is 270 g/mol. The zero-order valence-electron chi connectivity index (χ0n) is 8.40. The molecule has 0 spiro atoms. The second-order valence-electron chi connectivity index (χ2n) is 3.76. The van der Waals surface area contributed by atoms with Crippen molar-refractivity contribution in [3.8, 4) is 0 Å². The molecule has 2 N–H and O–H groups in total. The van der Waals surface area contributed by atoms with Crippen molar-refractivity contribution in [3.05, 3.63) is 22.4 Å². The highest BCUT2D eigenvalue weighted by Crippen LogP contribution is 2.25. The molecule has 0 bridgehead atoms. The third-order valence-electron chi connectivity index (χ3n) is 2.50. The first-order valence-corrected chi connectivity index (χ1v) is 5.55. The fraction of sp³-hybridized carbons (Fsp3) is 0.400. The van der Waals surface area contributed by atoms with Crippen LogP contribution < -0.4 is 10.6 Å². The summed E-state index contributed by atoms with van der Waals surface area (Å²) in [6, 6.07) is 1.84. The lowest BCUT2D eigenvalue weighted by Crippen LogP contribution is -2.28. The fourth-order valence-electron chi connectivity index (χ4n) is 1.77. The third-order valence-corrected chi connectivity index (χ3v) is 2.93. The van der Waals surface area contributed by atoms with E-state index < -0.39 is 0 Å². The molecule has 15 heavy (non-hydrogen) atoms. The smallest absolute Gasteiger partial charge is 0.228 e. The van der Waals surface area contributed by atoms with E-state index in [1.54, 1.807) is 11.1 Å². The first kappa shape index (κ1) is 10.6. The quantitative estimate of drug-likeness (QED) is 0.780. The zero-order valence-corrected chi connectivity index (χ0v) is 9.99. The molecule has 1 amide bonds. The van der Waals surface area contributed by atoms with Gasteiger partial charge in [-0.15, -0.1) is 0 Å². The van der Waals surface area contributed by atoms with Gasteiger partial charge in [-0.2, -0.15) is 0 Å². The van der Waals surface area contributed by atoms with E-state index in [9.17, 15) is 4.79 Å². The van der Waals surface area contributed by atoms with Crippen LogP contribution in [0.5, 0.6) is 0 Å². The Balaban J connectivity index is 2.34. The molecule has 1 unspecified atom stereocenters. The SMILES string of the molecule is Cc1cc(Br)ncc1N1CC(N)CC1=O. The van der Waals surface area contributed by atoms with Gasteiger partial charge in [0.05, 0.1) is 11.9 Å². The number of hydrogen-bond acceptors (Lipinski definition) is 3. The van der Waals surface area contributed by atoms with Crippen molar-refractivity contribution >= 4 is 27.5 Å². The molecular weight excluding hydrogens is 258 g/mol. The van der Waals surface area contributed by atoms with Crippen molar-refractivity contribution in [2.24, 2.45) is 5.73 Å². The Bertz CT molecular complexity index is 408. The molecule has 0 aromatic carbocycles. The molecule has 2 heterocycles. The molecule has 1 aromatic heterocycles. The Kier molecular flexibility index (Phi) is 2.75. The van der Waals surface area contributed by atoms with Gasteiger partial charge in [-0.25, -0.2) is 4.98 Å². The molecule has 2 rings (SSSR count). The predicted octanol–water partition coefficient (Wildman–Crippen LogP) is 1.22. The Morgan fingerprint density at radius 1 is 1.67 bits per heavy atom. The number of nitrogens with zero attached hydrogens (tertiary/aromatic N) is 2. The van der Waals surface area contributed by atoms with Gasteiger partial charge in [0.15, 0.2) is 0 Å². The summed E-state index contributed by atoms with van der Waals surface area (Å²) < 4.78 is 0.777. The molecular formula is C10H12BrN3O. The van der Waals surface area contributed by atoms with Crippen molar-refractivity contribution in [1.82, 2.24) is 4.98 Å². The summed E-state index contributed by atoms with van der Waals surface area (Å²) >= 11 is 3.29. The van der Waals surface area contributed by atoms with Crippen LogP contribution in [0, 0.1) is 6.92 Å². The molecule has 4 nitrogen and oxygen atoms in total. The molecule has 1 aromatic rings. The van der Waals surface area contributed by atoms with E-state index in [0.717, 1.165) is 15.9 Å². The van der Waals surface area contributed by atoms with Crippen LogP contribution in [-0.2, 0) is 4.79 Å². The monoisotopic (exact) mass is 269 g/mol. The average Bonchev–Trinajstić information content (AvgIpc) is 2.45. The minimum absolute atomic E-state index is 0.0550. The lowest BCUT2D eigenvalue weighted by Gasteiger charge is -2.18. The van der Waals surface area contributed by atoms with Gasteiger partial charge in [0.25, 0.3) is 0 Å². The lowest BCUT2D eigenvalue weighted by molar-refractivity contribution is -0.117. The molecule has 80 valence electrons. The summed E-state index contributed by atoms with van der Waals surface area (Å²) in [4.78, 5) is 17.5. The van der Waals surface area contributed by atoms with Gasteiger partial charge < -0.3 is 10.6 Å². The van der Waals surface area contributed by atoms with E-state index in [4.69, 9.17) is 5.73 Å². The molecule has 1 aliphatic rings. The van der Waals surface area contributed by atoms with Gasteiger partial charge in [0.1, 0.15) is 4.60 Å². The number of carbonyl (C=O) groups excluding carboxylic acids is 1. The molecule has 5 heteroatoms. The minimum Gasteiger partial charge on any atom is -0.326 e. The number of anilines is 1. The number of aromatic nitrogens is 1. The minimum atomic E-state index is -0.0550. The summed E-state index contributed by atoms with van der Waals surface area (Å²) in [7, 11) is 0. The molecule has 1 saturated heterocycles. The largest absolute Gasteiger partial charge is 0.326 e. The van der Waals surface area contributed by atoms with Crippen molar-refractivity contribution < 1.29 is 4.79 Å². The number of aryl methyl sites for hydroxylation is 1. The second kappa shape index (κ2) is 3.90. The van der Waals surface area contributed by atoms with E-state index in [2.05, 4.69) is 20.9 Å². The Labute approximate surface area is 96.6 Å². The lowest BCUT2D eigenvalue weighted by atomic mass is 10.2. The molecule has 1 fully saturated rings. The fourth-order valence-corrected chi connectivity index (χ4v) is 2.21. The summed E-state index contributed by atoms with van der Waals surface area (Å²) in [6.45, 7) is 2.54. The van der Waals surface area contributed by atoms with Crippen LogP contribution in [0.2, 0.25) is 0 Å². The molecule has 0 radical (unpaired) electrons. The van der Waals surface area contributed by atoms with Crippen LogP contribution in [0.1, 0.15) is 12.0 Å². The maximum Gasteiger partial charge on any atom is 0.228 e. The first-order valence-electron chi connectivity index (χ1n) is 4.76. The Morgan fingerprint density at radius 3 is 2.93 bits per heavy atom. The van der Waals surface area contributed by atoms with Crippen molar-refractivity contribution in [2.75, 3.05) is 11.4 Å². The highest BCUT2D eigenvalue weighted by atomic mass is 79.9. The number of rotatable bonds is 1. The topological polar surface area (TPSA) is 59.2 Å². The van der Waals surface area contributed by atoms with Gasteiger partial charge in [-0.3, -0.25) is 4.79 Å². The number of amides is 1. The second-order valence-corrected chi connectivity index (χ2v) is 4.57. The number of halogens is 1. The van der Waals surface area contributed by atoms with Crippen LogP contribution >= 0.6 is 15.9 Å². The maximum absolute atomic E-state index is 11.6. The van der Waals surface area contributed by atoms with Crippen molar-refractivity contribution in [1.29, 1.82) is 0 Å². The van der Waals surface area contributed by atoms with Gasteiger partial charge in [0.2, 0.25) is 5.91 Å². The summed E-state index contributed by atoms with van der Waals surface area (Å²) in [6.07, 6.45) is 2.13. The Hall–Kier alpha value is -0.940. The van der Waals surface area contributed by atoms with E-state index in [-0.39, 0.29) is 11.9 Å². The molecule has 1 aliphatic heterocycles. The number of carbonyl (C=O) groups is 1. The van der Waals surface area contributed by atoms with Crippen molar-refractivity contribution in [3.63, 3.8) is 0 Å². The molecule has 1 atom stereocenters. The number of nitrogens with two attached hydrogens (primary N) is 1. The van der Waals surface area contributed by atoms with Gasteiger partial charge in [-0.05, 0) is 34.5 Å². The maximum atomic E-state index is 11.6. The summed E-state index contributed by atoms with van der Waals surface area (Å²) in [5, 5.41) is 0. The molecule has 0 aliphatic carbocycles. The zero-order chi connectivity index (χ0) is 11.0. The van der Waals surface area contributed by atoms with Crippen molar-refractivity contribution in [2.45, 2.75) is 19.4 Å². The normalized spacial score (nSPS) is 21.1. The van der Waals surface area contributed by atoms with Crippen LogP contribution in [0.3, 0.4) is 0 Å². The first-order chi connectivity index (χ1) is 7.08. The Morgan fingerprint density at radius 2 is 2.40 bits per heavy atom. The van der Waals surface area contributed by atoms with Gasteiger partial charge in [-0.1, -0.05) is 0 Å². The van der Waals surface area contributed by atoms with E-state index in [1.165, 1.54) is 0 Å². The van der Waals surface area contributed by atoms with Crippen LogP contribution in [0.25, 0.3) is 0 Å². The van der Waals surface area contributed by atoms with E-state index in [1.807, 2.05) is 13.0 Å². The van der Waals surface area contributed by atoms with E-state index in [0.29, 0.717) is 13.0 Å². The number of hydrogen-bond donors (Lipinski definition) is 1. The van der Waals surface area contributed by atoms with E-state index >= 15 is 0 Å². The summed E-state index contributed by atoms with van der Waals surface area (Å²) in [5.41, 5.74) is 7.63. The molecule has 0 saturated carbocycles. The van der Waals surface area contributed by atoms with Gasteiger partial charge in [0, 0.05) is 19.0 Å². The highest BCUT2D eigenvalue weighted by molar-refractivity contribution is 9.10. The number of pyridine rings is 1. The third kappa shape index (κ3) is 2.03. The van der Waals surface area contributed by atoms with Crippen LogP contribution in [-0.4, -0.2) is 23.5 Å². The van der Waals surface area contributed by atoms with Crippen LogP contribution in [0.4, 0.5) is 5.69 Å².